The minimum Gasteiger partial charge on any atom is -0.383 e. The Morgan fingerprint density at radius 3 is 2.59 bits per heavy atom. The van der Waals surface area contributed by atoms with Gasteiger partial charge >= 0.3 is 6.18 Å². The van der Waals surface area contributed by atoms with Crippen molar-refractivity contribution in [2.45, 2.75) is 44.8 Å². The first-order valence-electron chi connectivity index (χ1n) is 9.57. The predicted octanol–water partition coefficient (Wildman–Crippen LogP) is 5.46. The van der Waals surface area contributed by atoms with Gasteiger partial charge in [0.25, 0.3) is 5.91 Å². The minimum atomic E-state index is -4.52. The van der Waals surface area contributed by atoms with Crippen LogP contribution in [0.15, 0.2) is 36.5 Å². The fourth-order valence-corrected chi connectivity index (χ4v) is 3.78. The second kappa shape index (κ2) is 9.03. The van der Waals surface area contributed by atoms with Crippen LogP contribution in [-0.4, -0.2) is 23.5 Å². The zero-order valence-electron chi connectivity index (χ0n) is 16.0. The number of nitrogens with one attached hydrogen (secondary N) is 2. The first-order valence-corrected chi connectivity index (χ1v) is 9.95. The highest BCUT2D eigenvalue weighted by atomic mass is 35.5. The summed E-state index contributed by atoms with van der Waals surface area (Å²) in [4.78, 5) is 16.7. The summed E-state index contributed by atoms with van der Waals surface area (Å²) < 4.78 is 38.7. The Bertz CT molecular complexity index is 864. The van der Waals surface area contributed by atoms with Gasteiger partial charge in [-0.2, -0.15) is 13.2 Å². The molecule has 156 valence electrons. The molecule has 1 aromatic heterocycles. The van der Waals surface area contributed by atoms with E-state index in [2.05, 4.69) is 15.6 Å². The summed E-state index contributed by atoms with van der Waals surface area (Å²) in [5.74, 6) is -0.0893. The molecule has 0 radical (unpaired) electrons. The third-order valence-corrected chi connectivity index (χ3v) is 5.64. The molecule has 2 N–H and O–H groups in total. The Morgan fingerprint density at radius 1 is 1.21 bits per heavy atom. The molecule has 1 amide bonds. The third kappa shape index (κ3) is 5.63. The molecule has 1 aromatic carbocycles. The molecule has 1 aliphatic rings. The number of rotatable bonds is 5. The third-order valence-electron chi connectivity index (χ3n) is 5.31. The fourth-order valence-electron chi connectivity index (χ4n) is 3.58. The van der Waals surface area contributed by atoms with Crippen molar-refractivity contribution >= 4 is 23.2 Å². The molecule has 0 spiro atoms. The van der Waals surface area contributed by atoms with Crippen molar-refractivity contribution < 1.29 is 18.0 Å². The van der Waals surface area contributed by atoms with Crippen molar-refractivity contribution in [3.05, 3.63) is 58.4 Å². The average molecular weight is 426 g/mol. The van der Waals surface area contributed by atoms with E-state index in [1.165, 1.54) is 0 Å². The molecule has 0 saturated heterocycles. The van der Waals surface area contributed by atoms with E-state index >= 15 is 0 Å². The molecule has 0 atom stereocenters. The Labute approximate surface area is 172 Å². The number of nitrogens with zero attached hydrogens (tertiary/aromatic N) is 1. The van der Waals surface area contributed by atoms with Gasteiger partial charge in [0.2, 0.25) is 0 Å². The van der Waals surface area contributed by atoms with E-state index < -0.39 is 17.6 Å². The quantitative estimate of drug-likeness (QED) is 0.668. The molecule has 3 rings (SSSR count). The van der Waals surface area contributed by atoms with Crippen LogP contribution < -0.4 is 10.6 Å². The molecule has 8 heteroatoms. The summed E-state index contributed by atoms with van der Waals surface area (Å²) in [7, 11) is 0. The molecule has 1 heterocycles. The van der Waals surface area contributed by atoms with Gasteiger partial charge in [-0.05, 0) is 68.9 Å². The van der Waals surface area contributed by atoms with Gasteiger partial charge in [0.15, 0.2) is 0 Å². The number of alkyl halides is 3. The highest BCUT2D eigenvalue weighted by Gasteiger charge is 2.32. The molecule has 0 unspecified atom stereocenters. The maximum absolute atomic E-state index is 12.9. The van der Waals surface area contributed by atoms with Crippen LogP contribution in [0.5, 0.6) is 0 Å². The van der Waals surface area contributed by atoms with Crippen LogP contribution in [0.3, 0.4) is 0 Å². The van der Waals surface area contributed by atoms with Gasteiger partial charge in [-0.15, -0.1) is 0 Å². The number of hydrogen-bond acceptors (Lipinski definition) is 3. The summed E-state index contributed by atoms with van der Waals surface area (Å²) in [6.07, 6.45) is 0.644. The van der Waals surface area contributed by atoms with Crippen LogP contribution in [-0.2, 0) is 6.18 Å². The zero-order chi connectivity index (χ0) is 21.0. The number of halogens is 4. The van der Waals surface area contributed by atoms with E-state index in [9.17, 15) is 18.0 Å². The normalized spacial score (nSPS) is 19.6. The summed E-state index contributed by atoms with van der Waals surface area (Å²) in [5.41, 5.74) is 0.943. The lowest BCUT2D eigenvalue weighted by Gasteiger charge is -2.29. The van der Waals surface area contributed by atoms with Crippen LogP contribution in [0.1, 0.15) is 47.3 Å². The van der Waals surface area contributed by atoms with Gasteiger partial charge in [0, 0.05) is 18.8 Å². The molecule has 1 fully saturated rings. The van der Waals surface area contributed by atoms with Gasteiger partial charge in [-0.1, -0.05) is 11.6 Å². The van der Waals surface area contributed by atoms with E-state index in [0.29, 0.717) is 5.92 Å². The maximum Gasteiger partial charge on any atom is 0.416 e. The van der Waals surface area contributed by atoms with Crippen molar-refractivity contribution in [1.29, 1.82) is 0 Å². The monoisotopic (exact) mass is 425 g/mol. The SMILES string of the molecule is Cc1ncccc1NCC1CCC(NC(=O)c2cc(C(F)(F)F)ccc2Cl)CC1. The summed E-state index contributed by atoms with van der Waals surface area (Å²) in [6, 6.07) is 6.62. The van der Waals surface area contributed by atoms with Gasteiger partial charge < -0.3 is 10.6 Å². The number of carbonyl (C=O) groups excluding carboxylic acids is 1. The first kappa shape index (κ1) is 21.4. The molecule has 0 bridgehead atoms. The summed E-state index contributed by atoms with van der Waals surface area (Å²) in [6.45, 7) is 2.78. The van der Waals surface area contributed by atoms with E-state index in [1.54, 1.807) is 6.20 Å². The summed E-state index contributed by atoms with van der Waals surface area (Å²) in [5, 5.41) is 6.27. The number of amides is 1. The highest BCUT2D eigenvalue weighted by Crippen LogP contribution is 2.32. The predicted molar refractivity (Wildman–Crippen MR) is 107 cm³/mol. The molecular weight excluding hydrogens is 403 g/mol. The van der Waals surface area contributed by atoms with Crippen LogP contribution in [0.2, 0.25) is 5.02 Å². The zero-order valence-corrected chi connectivity index (χ0v) is 16.8. The second-order valence-electron chi connectivity index (χ2n) is 7.40. The van der Waals surface area contributed by atoms with Crippen LogP contribution in [0.25, 0.3) is 0 Å². The maximum atomic E-state index is 12.9. The van der Waals surface area contributed by atoms with Crippen molar-refractivity contribution in [3.8, 4) is 0 Å². The highest BCUT2D eigenvalue weighted by molar-refractivity contribution is 6.33. The standard InChI is InChI=1S/C21H23ClF3N3O/c1-13-19(3-2-10-26-13)27-12-14-4-7-16(8-5-14)28-20(29)17-11-15(21(23,24)25)6-9-18(17)22/h2-3,6,9-11,14,16,27H,4-5,7-8,12H2,1H3,(H,28,29). The Hall–Kier alpha value is -2.28. The fraction of sp³-hybridized carbons (Fsp3) is 0.429. The Kier molecular flexibility index (Phi) is 6.67. The van der Waals surface area contributed by atoms with E-state index in [1.807, 2.05) is 19.1 Å². The molecule has 1 aliphatic carbocycles. The lowest BCUT2D eigenvalue weighted by Crippen LogP contribution is -2.38. The smallest absolute Gasteiger partial charge is 0.383 e. The Balaban J connectivity index is 1.52. The van der Waals surface area contributed by atoms with Crippen molar-refractivity contribution in [1.82, 2.24) is 10.3 Å². The van der Waals surface area contributed by atoms with Gasteiger partial charge in [-0.25, -0.2) is 0 Å². The van der Waals surface area contributed by atoms with Crippen molar-refractivity contribution in [2.75, 3.05) is 11.9 Å². The molecular formula is C21H23ClF3N3O. The molecule has 0 aliphatic heterocycles. The van der Waals surface area contributed by atoms with Gasteiger partial charge in [0.05, 0.1) is 27.5 Å². The van der Waals surface area contributed by atoms with Gasteiger partial charge in [0.1, 0.15) is 0 Å². The van der Waals surface area contributed by atoms with Crippen LogP contribution in [0, 0.1) is 12.8 Å². The number of aryl methyl sites for hydroxylation is 1. The van der Waals surface area contributed by atoms with E-state index in [4.69, 9.17) is 11.6 Å². The largest absolute Gasteiger partial charge is 0.416 e. The molecule has 29 heavy (non-hydrogen) atoms. The van der Waals surface area contributed by atoms with Crippen molar-refractivity contribution in [2.24, 2.45) is 5.92 Å². The second-order valence-corrected chi connectivity index (χ2v) is 7.81. The molecule has 2 aromatic rings. The number of benzene rings is 1. The van der Waals surface area contributed by atoms with E-state index in [0.717, 1.165) is 61.8 Å². The first-order chi connectivity index (χ1) is 13.7. The van der Waals surface area contributed by atoms with Gasteiger partial charge in [-0.3, -0.25) is 9.78 Å². The average Bonchev–Trinajstić information content (AvgIpc) is 2.68. The number of hydrogen-bond donors (Lipinski definition) is 2. The lowest BCUT2D eigenvalue weighted by molar-refractivity contribution is -0.137. The number of carbonyl (C=O) groups is 1. The number of anilines is 1. The van der Waals surface area contributed by atoms with E-state index in [-0.39, 0.29) is 16.6 Å². The van der Waals surface area contributed by atoms with Crippen molar-refractivity contribution in [3.63, 3.8) is 0 Å². The summed E-state index contributed by atoms with van der Waals surface area (Å²) >= 11 is 5.95. The number of pyridine rings is 1. The van der Waals surface area contributed by atoms with Crippen LogP contribution in [0.4, 0.5) is 18.9 Å². The molecule has 1 saturated carbocycles. The number of aromatic nitrogens is 1. The molecule has 4 nitrogen and oxygen atoms in total. The Morgan fingerprint density at radius 2 is 1.93 bits per heavy atom. The van der Waals surface area contributed by atoms with Crippen LogP contribution >= 0.6 is 11.6 Å². The minimum absolute atomic E-state index is 0.0141. The lowest BCUT2D eigenvalue weighted by atomic mass is 9.86. The topological polar surface area (TPSA) is 54.0 Å².